The number of carboxylic acid groups (broad SMARTS) is 1. The second kappa shape index (κ2) is 5.49. The maximum atomic E-state index is 11.9. The second-order valence-corrected chi connectivity index (χ2v) is 4.11. The number of aliphatic carboxylic acids is 1. The molecule has 0 saturated carbocycles. The van der Waals surface area contributed by atoms with Crippen LogP contribution in [0.15, 0.2) is 42.5 Å². The Bertz CT molecular complexity index is 624. The lowest BCUT2D eigenvalue weighted by molar-refractivity contribution is -0.140. The number of benzene rings is 2. The summed E-state index contributed by atoms with van der Waals surface area (Å²) in [7, 11) is 0. The van der Waals surface area contributed by atoms with Gasteiger partial charge in [0.05, 0.1) is 6.61 Å². The van der Waals surface area contributed by atoms with E-state index in [0.29, 0.717) is 5.56 Å². The molecule has 0 heterocycles. The van der Waals surface area contributed by atoms with Gasteiger partial charge in [-0.2, -0.15) is 0 Å². The number of nitrogens with one attached hydrogen (secondary N) is 1. The van der Waals surface area contributed by atoms with E-state index in [2.05, 4.69) is 5.32 Å². The Hall–Kier alpha value is -2.40. The molecule has 0 aliphatic heterocycles. The van der Waals surface area contributed by atoms with Gasteiger partial charge in [0, 0.05) is 5.56 Å². The quantitative estimate of drug-likeness (QED) is 0.765. The second-order valence-electron chi connectivity index (χ2n) is 4.11. The minimum atomic E-state index is -1.29. The van der Waals surface area contributed by atoms with E-state index in [1.807, 2.05) is 24.3 Å². The third-order valence-electron chi connectivity index (χ3n) is 2.80. The predicted molar refractivity (Wildman–Crippen MR) is 69.9 cm³/mol. The summed E-state index contributed by atoms with van der Waals surface area (Å²) in [6, 6.07) is 11.3. The van der Waals surface area contributed by atoms with Crippen molar-refractivity contribution >= 4 is 22.6 Å². The van der Waals surface area contributed by atoms with E-state index in [1.165, 1.54) is 0 Å². The van der Waals surface area contributed by atoms with Gasteiger partial charge in [0.2, 0.25) is 0 Å². The minimum Gasteiger partial charge on any atom is -0.480 e. The summed E-state index contributed by atoms with van der Waals surface area (Å²) < 4.78 is 0. The number of amides is 1. The van der Waals surface area contributed by atoms with Crippen molar-refractivity contribution in [2.24, 2.45) is 0 Å². The Morgan fingerprint density at radius 1 is 1.11 bits per heavy atom. The Morgan fingerprint density at radius 3 is 2.42 bits per heavy atom. The van der Waals surface area contributed by atoms with Gasteiger partial charge in [0.25, 0.3) is 5.91 Å². The molecule has 2 aromatic carbocycles. The van der Waals surface area contributed by atoms with E-state index in [0.717, 1.165) is 10.8 Å². The first-order valence-electron chi connectivity index (χ1n) is 5.75. The molecule has 1 amide bonds. The first-order chi connectivity index (χ1) is 9.11. The number of aliphatic hydroxyl groups is 1. The van der Waals surface area contributed by atoms with Crippen molar-refractivity contribution in [2.45, 2.75) is 6.04 Å². The van der Waals surface area contributed by atoms with Crippen LogP contribution >= 0.6 is 0 Å². The molecular weight excluding hydrogens is 246 g/mol. The highest BCUT2D eigenvalue weighted by Crippen LogP contribution is 2.15. The Labute approximate surface area is 109 Å². The lowest BCUT2D eigenvalue weighted by Gasteiger charge is -2.11. The number of carbonyl (C=O) groups is 2. The van der Waals surface area contributed by atoms with Gasteiger partial charge in [-0.1, -0.05) is 30.3 Å². The molecule has 0 fully saturated rings. The van der Waals surface area contributed by atoms with Gasteiger partial charge in [-0.3, -0.25) is 4.79 Å². The van der Waals surface area contributed by atoms with E-state index >= 15 is 0 Å². The van der Waals surface area contributed by atoms with E-state index in [-0.39, 0.29) is 0 Å². The number of carboxylic acids is 1. The fourth-order valence-electron chi connectivity index (χ4n) is 1.76. The van der Waals surface area contributed by atoms with Crippen molar-refractivity contribution in [1.82, 2.24) is 5.32 Å². The molecular formula is C14H13NO4. The molecule has 2 aromatic rings. The zero-order chi connectivity index (χ0) is 13.8. The summed E-state index contributed by atoms with van der Waals surface area (Å²) in [5, 5.41) is 21.8. The van der Waals surface area contributed by atoms with Gasteiger partial charge in [-0.15, -0.1) is 0 Å². The SMILES string of the molecule is O=C(N[C@@H](CO)C(=O)O)c1ccc2ccccc2c1. The first-order valence-corrected chi connectivity index (χ1v) is 5.75. The van der Waals surface area contributed by atoms with Crippen LogP contribution < -0.4 is 5.32 Å². The molecule has 5 nitrogen and oxygen atoms in total. The van der Waals surface area contributed by atoms with Crippen LogP contribution in [0.3, 0.4) is 0 Å². The third-order valence-corrected chi connectivity index (χ3v) is 2.80. The smallest absolute Gasteiger partial charge is 0.328 e. The third kappa shape index (κ3) is 2.89. The van der Waals surface area contributed by atoms with E-state index in [9.17, 15) is 9.59 Å². The molecule has 0 saturated heterocycles. The minimum absolute atomic E-state index is 0.360. The highest BCUT2D eigenvalue weighted by molar-refractivity contribution is 6.00. The first kappa shape index (κ1) is 13.0. The van der Waals surface area contributed by atoms with Crippen molar-refractivity contribution in [1.29, 1.82) is 0 Å². The Kier molecular flexibility index (Phi) is 3.77. The number of carbonyl (C=O) groups excluding carboxylic acids is 1. The van der Waals surface area contributed by atoms with E-state index in [4.69, 9.17) is 10.2 Å². The Morgan fingerprint density at radius 2 is 1.79 bits per heavy atom. The van der Waals surface area contributed by atoms with Gasteiger partial charge < -0.3 is 15.5 Å². The lowest BCUT2D eigenvalue weighted by atomic mass is 10.1. The average molecular weight is 259 g/mol. The summed E-state index contributed by atoms with van der Waals surface area (Å²) in [5.74, 6) is -1.79. The van der Waals surface area contributed by atoms with Crippen molar-refractivity contribution in [3.05, 3.63) is 48.0 Å². The van der Waals surface area contributed by atoms with Crippen LogP contribution in [0.25, 0.3) is 10.8 Å². The normalized spacial score (nSPS) is 12.1. The molecule has 1 atom stereocenters. The van der Waals surface area contributed by atoms with Crippen molar-refractivity contribution in [2.75, 3.05) is 6.61 Å². The maximum Gasteiger partial charge on any atom is 0.328 e. The van der Waals surface area contributed by atoms with Gasteiger partial charge >= 0.3 is 5.97 Å². The summed E-state index contributed by atoms with van der Waals surface area (Å²) in [4.78, 5) is 22.6. The number of hydrogen-bond acceptors (Lipinski definition) is 3. The van der Waals surface area contributed by atoms with Crippen molar-refractivity contribution < 1.29 is 19.8 Å². The number of hydrogen-bond donors (Lipinski definition) is 3. The number of fused-ring (bicyclic) bond motifs is 1. The standard InChI is InChI=1S/C14H13NO4/c16-8-12(14(18)19)15-13(17)11-6-5-9-3-1-2-4-10(9)7-11/h1-7,12,16H,8H2,(H,15,17)(H,18,19)/t12-/m0/s1. The fraction of sp³-hybridized carbons (Fsp3) is 0.143. The Balaban J connectivity index is 2.24. The van der Waals surface area contributed by atoms with Gasteiger partial charge in [0.15, 0.2) is 6.04 Å². The monoisotopic (exact) mass is 259 g/mol. The molecule has 0 bridgehead atoms. The van der Waals surface area contributed by atoms with Crippen LogP contribution in [-0.2, 0) is 4.79 Å². The van der Waals surface area contributed by atoms with Gasteiger partial charge in [-0.25, -0.2) is 4.79 Å². The molecule has 98 valence electrons. The van der Waals surface area contributed by atoms with E-state index < -0.39 is 24.5 Å². The zero-order valence-corrected chi connectivity index (χ0v) is 10.0. The summed E-state index contributed by atoms with van der Waals surface area (Å²) in [6.07, 6.45) is 0. The summed E-state index contributed by atoms with van der Waals surface area (Å²) in [5.41, 5.74) is 0.360. The maximum absolute atomic E-state index is 11.9. The molecule has 0 unspecified atom stereocenters. The molecule has 0 aromatic heterocycles. The molecule has 2 rings (SSSR count). The van der Waals surface area contributed by atoms with Gasteiger partial charge in [-0.05, 0) is 22.9 Å². The largest absolute Gasteiger partial charge is 0.480 e. The highest BCUT2D eigenvalue weighted by Gasteiger charge is 2.19. The number of rotatable bonds is 4. The van der Waals surface area contributed by atoms with Crippen molar-refractivity contribution in [3.8, 4) is 0 Å². The number of aliphatic hydroxyl groups excluding tert-OH is 1. The van der Waals surface area contributed by atoms with Crippen LogP contribution in [0, 0.1) is 0 Å². The molecule has 0 aliphatic rings. The molecule has 5 heteroatoms. The van der Waals surface area contributed by atoms with Crippen LogP contribution in [0.5, 0.6) is 0 Å². The highest BCUT2D eigenvalue weighted by atomic mass is 16.4. The summed E-state index contributed by atoms with van der Waals surface area (Å²) >= 11 is 0. The van der Waals surface area contributed by atoms with Crippen molar-refractivity contribution in [3.63, 3.8) is 0 Å². The molecule has 0 radical (unpaired) electrons. The van der Waals surface area contributed by atoms with Gasteiger partial charge in [0.1, 0.15) is 0 Å². The van der Waals surface area contributed by atoms with Crippen LogP contribution in [-0.4, -0.2) is 34.7 Å². The molecule has 0 aliphatic carbocycles. The lowest BCUT2D eigenvalue weighted by Crippen LogP contribution is -2.43. The van der Waals surface area contributed by atoms with Crippen LogP contribution in [0.4, 0.5) is 0 Å². The van der Waals surface area contributed by atoms with E-state index in [1.54, 1.807) is 18.2 Å². The average Bonchev–Trinajstić information content (AvgIpc) is 2.43. The fourth-order valence-corrected chi connectivity index (χ4v) is 1.76. The molecule has 19 heavy (non-hydrogen) atoms. The molecule has 3 N–H and O–H groups in total. The topological polar surface area (TPSA) is 86.6 Å². The predicted octanol–water partition coefficient (Wildman–Crippen LogP) is 1.02. The zero-order valence-electron chi connectivity index (χ0n) is 10.0. The van der Waals surface area contributed by atoms with Crippen LogP contribution in [0.2, 0.25) is 0 Å². The van der Waals surface area contributed by atoms with Crippen LogP contribution in [0.1, 0.15) is 10.4 Å². The summed E-state index contributed by atoms with van der Waals surface area (Å²) in [6.45, 7) is -0.644. The molecule has 0 spiro atoms.